The summed E-state index contributed by atoms with van der Waals surface area (Å²) in [5.41, 5.74) is 1.89. The van der Waals surface area contributed by atoms with Crippen molar-refractivity contribution in [3.63, 3.8) is 0 Å². The molecule has 0 saturated heterocycles. The molecule has 1 aromatic rings. The second-order valence-corrected chi connectivity index (χ2v) is 7.18. The molecule has 0 radical (unpaired) electrons. The Morgan fingerprint density at radius 2 is 1.81 bits per heavy atom. The van der Waals surface area contributed by atoms with Gasteiger partial charge in [0.05, 0.1) is 0 Å². The fourth-order valence-electron chi connectivity index (χ4n) is 1.33. The summed E-state index contributed by atoms with van der Waals surface area (Å²) in [6.45, 7) is 1.97. The molecule has 1 rings (SSSR count). The molecule has 0 aromatic heterocycles. The Hall–Kier alpha value is -0.460. The average molecular weight is 389 g/mol. The van der Waals surface area contributed by atoms with Crippen molar-refractivity contribution in [1.29, 1.82) is 0 Å². The number of halogens is 4. The van der Waals surface area contributed by atoms with Crippen molar-refractivity contribution in [2.75, 3.05) is 11.2 Å². The molecule has 1 atom stereocenters. The monoisotopic (exact) mass is 387 g/mol. The Morgan fingerprint density at radius 3 is 2.29 bits per heavy atom. The summed E-state index contributed by atoms with van der Waals surface area (Å²) in [6.07, 6.45) is -1.01. The lowest BCUT2D eigenvalue weighted by Gasteiger charge is -2.27. The van der Waals surface area contributed by atoms with Gasteiger partial charge in [0.15, 0.2) is 5.11 Å². The molecule has 1 unspecified atom stereocenters. The van der Waals surface area contributed by atoms with E-state index in [2.05, 4.69) is 16.0 Å². The van der Waals surface area contributed by atoms with E-state index in [1.807, 2.05) is 31.2 Å². The SMILES string of the molecule is Cc1ccc(NC(=S)NC(NC(=O)CCl)C(Cl)(Cl)Cl)cc1. The number of alkyl halides is 4. The highest BCUT2D eigenvalue weighted by Crippen LogP contribution is 2.29. The van der Waals surface area contributed by atoms with Gasteiger partial charge in [-0.1, -0.05) is 52.5 Å². The lowest BCUT2D eigenvalue weighted by atomic mass is 10.2. The van der Waals surface area contributed by atoms with E-state index in [1.165, 1.54) is 0 Å². The van der Waals surface area contributed by atoms with Crippen LogP contribution in [0.2, 0.25) is 0 Å². The number of carbonyl (C=O) groups is 1. The van der Waals surface area contributed by atoms with Crippen LogP contribution >= 0.6 is 58.6 Å². The van der Waals surface area contributed by atoms with Crippen molar-refractivity contribution < 1.29 is 4.79 Å². The van der Waals surface area contributed by atoms with E-state index in [1.54, 1.807) is 0 Å². The molecule has 1 aromatic carbocycles. The smallest absolute Gasteiger partial charge is 0.236 e. The number of hydrogen-bond donors (Lipinski definition) is 3. The first-order valence-corrected chi connectivity index (χ1v) is 7.86. The first-order chi connectivity index (χ1) is 9.72. The van der Waals surface area contributed by atoms with Crippen molar-refractivity contribution in [3.05, 3.63) is 29.8 Å². The van der Waals surface area contributed by atoms with Crippen LogP contribution < -0.4 is 16.0 Å². The topological polar surface area (TPSA) is 53.2 Å². The third-order valence-corrected chi connectivity index (χ3v) is 3.46. The van der Waals surface area contributed by atoms with Gasteiger partial charge in [-0.15, -0.1) is 11.6 Å². The van der Waals surface area contributed by atoms with Gasteiger partial charge in [-0.25, -0.2) is 0 Å². The number of rotatable bonds is 4. The molecule has 0 spiro atoms. The number of hydrogen-bond acceptors (Lipinski definition) is 2. The molecule has 9 heteroatoms. The van der Waals surface area contributed by atoms with E-state index in [0.717, 1.165) is 11.3 Å². The lowest BCUT2D eigenvalue weighted by Crippen LogP contribution is -2.56. The molecule has 3 N–H and O–H groups in total. The molecule has 21 heavy (non-hydrogen) atoms. The maximum absolute atomic E-state index is 11.3. The fraction of sp³-hybridized carbons (Fsp3) is 0.333. The number of thiocarbonyl (C=S) groups is 1. The van der Waals surface area contributed by atoms with Crippen LogP contribution in [-0.2, 0) is 4.79 Å². The Bertz CT molecular complexity index is 504. The second-order valence-electron chi connectivity index (χ2n) is 4.14. The molecule has 0 aliphatic rings. The zero-order chi connectivity index (χ0) is 16.0. The molecular weight excluding hydrogens is 376 g/mol. The Kier molecular flexibility index (Phi) is 7.30. The maximum atomic E-state index is 11.3. The summed E-state index contributed by atoms with van der Waals surface area (Å²) in [5, 5.41) is 8.27. The highest BCUT2D eigenvalue weighted by atomic mass is 35.6. The Balaban J connectivity index is 2.67. The Labute approximate surface area is 148 Å². The molecule has 0 aliphatic heterocycles. The van der Waals surface area contributed by atoms with E-state index in [9.17, 15) is 4.79 Å². The van der Waals surface area contributed by atoms with Crippen LogP contribution in [0, 0.1) is 6.92 Å². The molecule has 1 amide bonds. The van der Waals surface area contributed by atoms with Gasteiger partial charge in [-0.05, 0) is 31.3 Å². The standard InChI is InChI=1S/C12H13Cl4N3OS/c1-7-2-4-8(5-3-7)17-11(21)19-10(12(14,15)16)18-9(20)6-13/h2-5,10H,6H2,1H3,(H,18,20)(H2,17,19,21). The van der Waals surface area contributed by atoms with Crippen LogP contribution in [0.5, 0.6) is 0 Å². The third kappa shape index (κ3) is 6.89. The number of anilines is 1. The van der Waals surface area contributed by atoms with Crippen LogP contribution in [0.4, 0.5) is 5.69 Å². The molecule has 4 nitrogen and oxygen atoms in total. The largest absolute Gasteiger partial charge is 0.339 e. The van der Waals surface area contributed by atoms with Crippen molar-refractivity contribution in [2.24, 2.45) is 0 Å². The van der Waals surface area contributed by atoms with Gasteiger partial charge in [0.25, 0.3) is 0 Å². The number of aryl methyl sites for hydroxylation is 1. The number of amides is 1. The normalized spacial score (nSPS) is 12.4. The van der Waals surface area contributed by atoms with Gasteiger partial charge in [-0.2, -0.15) is 0 Å². The van der Waals surface area contributed by atoms with Gasteiger partial charge in [0.1, 0.15) is 12.0 Å². The van der Waals surface area contributed by atoms with E-state index in [0.29, 0.717) is 0 Å². The molecule has 0 saturated carbocycles. The van der Waals surface area contributed by atoms with E-state index in [-0.39, 0.29) is 11.0 Å². The van der Waals surface area contributed by atoms with E-state index in [4.69, 9.17) is 58.6 Å². The van der Waals surface area contributed by atoms with Gasteiger partial charge in [0, 0.05) is 5.69 Å². The molecule has 0 fully saturated rings. The van der Waals surface area contributed by atoms with Crippen molar-refractivity contribution in [3.8, 4) is 0 Å². The van der Waals surface area contributed by atoms with Crippen LogP contribution in [0.1, 0.15) is 5.56 Å². The van der Waals surface area contributed by atoms with Gasteiger partial charge >= 0.3 is 0 Å². The minimum atomic E-state index is -1.79. The molecule has 0 aliphatic carbocycles. The first-order valence-electron chi connectivity index (χ1n) is 5.78. The predicted molar refractivity (Wildman–Crippen MR) is 93.5 cm³/mol. The molecule has 0 heterocycles. The lowest BCUT2D eigenvalue weighted by molar-refractivity contribution is -0.119. The van der Waals surface area contributed by atoms with E-state index < -0.39 is 15.9 Å². The highest BCUT2D eigenvalue weighted by Gasteiger charge is 2.34. The van der Waals surface area contributed by atoms with Gasteiger partial charge in [0.2, 0.25) is 9.70 Å². The first kappa shape index (κ1) is 18.6. The van der Waals surface area contributed by atoms with Crippen LogP contribution in [0.25, 0.3) is 0 Å². The predicted octanol–water partition coefficient (Wildman–Crippen LogP) is 3.33. The zero-order valence-corrected chi connectivity index (χ0v) is 14.8. The van der Waals surface area contributed by atoms with Crippen molar-refractivity contribution >= 4 is 75.3 Å². The number of carbonyl (C=O) groups excluding carboxylic acids is 1. The summed E-state index contributed by atoms with van der Waals surface area (Å²) in [5.74, 6) is -0.740. The summed E-state index contributed by atoms with van der Waals surface area (Å²) >= 11 is 27.9. The van der Waals surface area contributed by atoms with Crippen LogP contribution in [0.15, 0.2) is 24.3 Å². The summed E-state index contributed by atoms with van der Waals surface area (Å²) in [6, 6.07) is 7.55. The third-order valence-electron chi connectivity index (χ3n) is 2.34. The molecular formula is C12H13Cl4N3OS. The van der Waals surface area contributed by atoms with Gasteiger partial charge < -0.3 is 16.0 Å². The minimum Gasteiger partial charge on any atom is -0.339 e. The fourth-order valence-corrected chi connectivity index (χ4v) is 1.97. The average Bonchev–Trinajstić information content (AvgIpc) is 2.39. The quantitative estimate of drug-likeness (QED) is 0.420. The van der Waals surface area contributed by atoms with Gasteiger partial charge in [-0.3, -0.25) is 4.79 Å². The molecule has 116 valence electrons. The van der Waals surface area contributed by atoms with Crippen molar-refractivity contribution in [1.82, 2.24) is 10.6 Å². The summed E-state index contributed by atoms with van der Waals surface area (Å²) in [7, 11) is 0. The maximum Gasteiger partial charge on any atom is 0.236 e. The van der Waals surface area contributed by atoms with Crippen LogP contribution in [-0.4, -0.2) is 26.9 Å². The van der Waals surface area contributed by atoms with E-state index >= 15 is 0 Å². The van der Waals surface area contributed by atoms with Crippen molar-refractivity contribution in [2.45, 2.75) is 16.9 Å². The zero-order valence-electron chi connectivity index (χ0n) is 10.9. The second kappa shape index (κ2) is 8.25. The minimum absolute atomic E-state index is 0.199. The summed E-state index contributed by atoms with van der Waals surface area (Å²) in [4.78, 5) is 11.3. The summed E-state index contributed by atoms with van der Waals surface area (Å²) < 4.78 is -1.79. The Morgan fingerprint density at radius 1 is 1.24 bits per heavy atom. The number of nitrogens with one attached hydrogen (secondary N) is 3. The number of benzene rings is 1. The molecule has 0 bridgehead atoms. The van der Waals surface area contributed by atoms with Crippen LogP contribution in [0.3, 0.4) is 0 Å². The highest BCUT2D eigenvalue weighted by molar-refractivity contribution is 7.80.